The van der Waals surface area contributed by atoms with E-state index in [1.54, 1.807) is 6.33 Å². The van der Waals surface area contributed by atoms with Crippen LogP contribution >= 0.6 is 0 Å². The topological polar surface area (TPSA) is 42.7 Å². The van der Waals surface area contributed by atoms with Crippen LogP contribution in [-0.2, 0) is 13.0 Å². The Morgan fingerprint density at radius 3 is 2.45 bits per heavy atom. The van der Waals surface area contributed by atoms with Gasteiger partial charge in [-0.1, -0.05) is 41.5 Å². The van der Waals surface area contributed by atoms with Crippen LogP contribution in [0.25, 0.3) is 0 Å². The van der Waals surface area contributed by atoms with Gasteiger partial charge in [0.2, 0.25) is 0 Å². The van der Waals surface area contributed by atoms with E-state index < -0.39 is 0 Å². The molecule has 2 unspecified atom stereocenters. The van der Waals surface area contributed by atoms with E-state index in [1.807, 2.05) is 0 Å². The van der Waals surface area contributed by atoms with E-state index in [1.165, 1.54) is 6.42 Å². The minimum atomic E-state index is 0.477. The molecule has 20 heavy (non-hydrogen) atoms. The zero-order chi connectivity index (χ0) is 15.1. The molecule has 1 heterocycles. The van der Waals surface area contributed by atoms with E-state index in [-0.39, 0.29) is 0 Å². The predicted molar refractivity (Wildman–Crippen MR) is 84.6 cm³/mol. The summed E-state index contributed by atoms with van der Waals surface area (Å²) in [5.74, 6) is 3.01. The van der Waals surface area contributed by atoms with Gasteiger partial charge < -0.3 is 5.32 Å². The molecule has 0 saturated heterocycles. The van der Waals surface area contributed by atoms with Gasteiger partial charge in [-0.05, 0) is 30.7 Å². The van der Waals surface area contributed by atoms with Crippen LogP contribution < -0.4 is 5.32 Å². The molecule has 0 aliphatic rings. The van der Waals surface area contributed by atoms with Crippen molar-refractivity contribution in [3.05, 3.63) is 12.2 Å². The van der Waals surface area contributed by atoms with Gasteiger partial charge in [0, 0.05) is 19.0 Å². The number of hydrogen-bond donors (Lipinski definition) is 1. The minimum absolute atomic E-state index is 0.477. The number of hydrogen-bond acceptors (Lipinski definition) is 3. The molecule has 1 aromatic heterocycles. The van der Waals surface area contributed by atoms with Crippen molar-refractivity contribution >= 4 is 0 Å². The second-order valence-electron chi connectivity index (χ2n) is 6.62. The van der Waals surface area contributed by atoms with Gasteiger partial charge in [0.05, 0.1) is 0 Å². The molecule has 4 nitrogen and oxygen atoms in total. The summed E-state index contributed by atoms with van der Waals surface area (Å²) in [6.07, 6.45) is 3.82. The first-order valence-electron chi connectivity index (χ1n) is 8.05. The van der Waals surface area contributed by atoms with Crippen LogP contribution in [-0.4, -0.2) is 27.4 Å². The van der Waals surface area contributed by atoms with Crippen molar-refractivity contribution < 1.29 is 0 Å². The number of aromatic nitrogens is 3. The summed E-state index contributed by atoms with van der Waals surface area (Å²) < 4.78 is 2.07. The van der Waals surface area contributed by atoms with Crippen LogP contribution in [0.3, 0.4) is 0 Å². The van der Waals surface area contributed by atoms with Crippen molar-refractivity contribution in [3.63, 3.8) is 0 Å². The Kier molecular flexibility index (Phi) is 7.20. The lowest BCUT2D eigenvalue weighted by Gasteiger charge is -2.28. The third-order valence-electron chi connectivity index (χ3n) is 3.98. The van der Waals surface area contributed by atoms with Gasteiger partial charge in [-0.3, -0.25) is 0 Å². The van der Waals surface area contributed by atoms with Crippen molar-refractivity contribution in [1.29, 1.82) is 0 Å². The Balaban J connectivity index is 2.75. The van der Waals surface area contributed by atoms with Crippen molar-refractivity contribution in [2.24, 2.45) is 17.8 Å². The third kappa shape index (κ3) is 5.23. The van der Waals surface area contributed by atoms with Crippen LogP contribution in [0.5, 0.6) is 0 Å². The number of nitrogens with zero attached hydrogens (tertiary/aromatic N) is 3. The maximum Gasteiger partial charge on any atom is 0.138 e. The molecule has 1 aromatic rings. The maximum absolute atomic E-state index is 4.47. The molecular formula is C16H32N4. The highest BCUT2D eigenvalue weighted by Crippen LogP contribution is 2.18. The fourth-order valence-corrected chi connectivity index (χ4v) is 2.38. The molecule has 116 valence electrons. The highest BCUT2D eigenvalue weighted by atomic mass is 15.3. The van der Waals surface area contributed by atoms with Gasteiger partial charge in [-0.15, -0.1) is 0 Å². The molecule has 0 spiro atoms. The summed E-state index contributed by atoms with van der Waals surface area (Å²) in [4.78, 5) is 4.47. The molecule has 0 amide bonds. The average Bonchev–Trinajstić information content (AvgIpc) is 2.79. The summed E-state index contributed by atoms with van der Waals surface area (Å²) in [6, 6.07) is 0.477. The summed E-state index contributed by atoms with van der Waals surface area (Å²) in [5, 5.41) is 8.06. The Bertz CT molecular complexity index is 370. The van der Waals surface area contributed by atoms with E-state index in [4.69, 9.17) is 0 Å². The minimum Gasteiger partial charge on any atom is -0.313 e. The monoisotopic (exact) mass is 280 g/mol. The first kappa shape index (κ1) is 17.2. The van der Waals surface area contributed by atoms with E-state index in [9.17, 15) is 0 Å². The van der Waals surface area contributed by atoms with Gasteiger partial charge in [0.15, 0.2) is 0 Å². The first-order valence-corrected chi connectivity index (χ1v) is 8.05. The van der Waals surface area contributed by atoms with Gasteiger partial charge in [0.25, 0.3) is 0 Å². The Labute approximate surface area is 124 Å². The molecule has 1 N–H and O–H groups in total. The van der Waals surface area contributed by atoms with Crippen molar-refractivity contribution in [3.8, 4) is 0 Å². The molecule has 0 aromatic carbocycles. The van der Waals surface area contributed by atoms with Crippen molar-refractivity contribution in [2.45, 2.75) is 67.0 Å². The second-order valence-corrected chi connectivity index (χ2v) is 6.62. The lowest BCUT2D eigenvalue weighted by atomic mass is 9.88. The number of nitrogens with one attached hydrogen (secondary N) is 1. The summed E-state index contributed by atoms with van der Waals surface area (Å²) in [6.45, 7) is 15.6. The van der Waals surface area contributed by atoms with E-state index in [0.29, 0.717) is 23.8 Å². The molecular weight excluding hydrogens is 248 g/mol. The zero-order valence-corrected chi connectivity index (χ0v) is 14.1. The highest BCUT2D eigenvalue weighted by Gasteiger charge is 2.22. The maximum atomic E-state index is 4.47. The molecule has 0 aliphatic heterocycles. The van der Waals surface area contributed by atoms with Gasteiger partial charge in [-0.25, -0.2) is 9.67 Å². The molecule has 0 bridgehead atoms. The summed E-state index contributed by atoms with van der Waals surface area (Å²) in [5.41, 5.74) is 0. The summed E-state index contributed by atoms with van der Waals surface area (Å²) >= 11 is 0. The van der Waals surface area contributed by atoms with E-state index >= 15 is 0 Å². The Morgan fingerprint density at radius 1 is 1.20 bits per heavy atom. The first-order chi connectivity index (χ1) is 9.45. The molecule has 1 rings (SSSR count). The average molecular weight is 280 g/mol. The fraction of sp³-hybridized carbons (Fsp3) is 0.875. The lowest BCUT2D eigenvalue weighted by molar-refractivity contribution is 0.289. The van der Waals surface area contributed by atoms with Gasteiger partial charge >= 0.3 is 0 Å². The molecule has 2 atom stereocenters. The molecule has 0 fully saturated rings. The third-order valence-corrected chi connectivity index (χ3v) is 3.98. The SMILES string of the molecule is CCCNC(Cc1ncnn1CC(C)C)C(C)C(C)C. The molecule has 4 heteroatoms. The fourth-order valence-electron chi connectivity index (χ4n) is 2.38. The number of rotatable bonds is 9. The predicted octanol–water partition coefficient (Wildman–Crippen LogP) is 3.14. The lowest BCUT2D eigenvalue weighted by Crippen LogP contribution is -2.40. The van der Waals surface area contributed by atoms with Crippen molar-refractivity contribution in [1.82, 2.24) is 20.1 Å². The molecule has 0 aliphatic carbocycles. The standard InChI is InChI=1S/C16H32N4/c1-7-8-17-15(14(6)13(4)5)9-16-18-11-19-20(16)10-12(2)3/h11-15,17H,7-10H2,1-6H3. The zero-order valence-electron chi connectivity index (χ0n) is 14.1. The van der Waals surface area contributed by atoms with Crippen molar-refractivity contribution in [2.75, 3.05) is 6.54 Å². The van der Waals surface area contributed by atoms with Crippen LogP contribution in [0.4, 0.5) is 0 Å². The normalized spacial score (nSPS) is 15.0. The van der Waals surface area contributed by atoms with Crippen LogP contribution in [0.15, 0.2) is 6.33 Å². The largest absolute Gasteiger partial charge is 0.313 e. The van der Waals surface area contributed by atoms with Crippen LogP contribution in [0.1, 0.15) is 53.8 Å². The van der Waals surface area contributed by atoms with Gasteiger partial charge in [-0.2, -0.15) is 5.10 Å². The van der Waals surface area contributed by atoms with E-state index in [2.05, 4.69) is 61.6 Å². The van der Waals surface area contributed by atoms with Gasteiger partial charge in [0.1, 0.15) is 12.2 Å². The molecule has 0 radical (unpaired) electrons. The molecule has 0 saturated carbocycles. The Morgan fingerprint density at radius 2 is 1.90 bits per heavy atom. The quantitative estimate of drug-likeness (QED) is 0.755. The van der Waals surface area contributed by atoms with E-state index in [0.717, 1.165) is 25.3 Å². The van der Waals surface area contributed by atoms with Crippen LogP contribution in [0, 0.1) is 17.8 Å². The Hall–Kier alpha value is -0.900. The van der Waals surface area contributed by atoms with Crippen LogP contribution in [0.2, 0.25) is 0 Å². The highest BCUT2D eigenvalue weighted by molar-refractivity contribution is 4.92. The summed E-state index contributed by atoms with van der Waals surface area (Å²) in [7, 11) is 0. The smallest absolute Gasteiger partial charge is 0.138 e. The second kappa shape index (κ2) is 8.40.